The highest BCUT2D eigenvalue weighted by Crippen LogP contribution is 2.08. The predicted molar refractivity (Wildman–Crippen MR) is 54.0 cm³/mol. The highest BCUT2D eigenvalue weighted by molar-refractivity contribution is 5.50. The molecule has 64 valence electrons. The van der Waals surface area contributed by atoms with Crippen LogP contribution in [0.15, 0.2) is 31.0 Å². The molecule has 1 aromatic rings. The van der Waals surface area contributed by atoms with E-state index in [0.717, 1.165) is 12.8 Å². The van der Waals surface area contributed by atoms with E-state index in [1.54, 1.807) is 0 Å². The van der Waals surface area contributed by atoms with Crippen LogP contribution in [0.4, 0.5) is 0 Å². The molecular formula is C11H15N. The summed E-state index contributed by atoms with van der Waals surface area (Å²) in [4.78, 5) is 3.19. The molecule has 0 aliphatic carbocycles. The zero-order valence-electron chi connectivity index (χ0n) is 7.51. The van der Waals surface area contributed by atoms with Crippen molar-refractivity contribution in [2.45, 2.75) is 19.8 Å². The second-order valence-electron chi connectivity index (χ2n) is 2.70. The molecule has 0 saturated heterocycles. The molecule has 0 aliphatic heterocycles. The van der Waals surface area contributed by atoms with Crippen LogP contribution in [0.2, 0.25) is 0 Å². The molecule has 0 aromatic carbocycles. The molecule has 0 radical (unpaired) electrons. The summed E-state index contributed by atoms with van der Waals surface area (Å²) in [7, 11) is 0. The number of hydrogen-bond acceptors (Lipinski definition) is 0. The normalized spacial score (nSPS) is 10.8. The Morgan fingerprint density at radius 1 is 1.50 bits per heavy atom. The summed E-state index contributed by atoms with van der Waals surface area (Å²) in [5, 5.41) is 0. The summed E-state index contributed by atoms with van der Waals surface area (Å²) >= 11 is 0. The molecule has 0 fully saturated rings. The molecule has 0 amide bonds. The molecule has 0 aliphatic rings. The highest BCUT2D eigenvalue weighted by atomic mass is 14.7. The van der Waals surface area contributed by atoms with Gasteiger partial charge in [0.1, 0.15) is 0 Å². The van der Waals surface area contributed by atoms with Crippen molar-refractivity contribution in [3.05, 3.63) is 42.3 Å². The van der Waals surface area contributed by atoms with Crippen molar-refractivity contribution in [2.24, 2.45) is 0 Å². The van der Waals surface area contributed by atoms with Crippen LogP contribution in [-0.2, 0) is 6.42 Å². The molecule has 1 nitrogen and oxygen atoms in total. The lowest BCUT2D eigenvalue weighted by molar-refractivity contribution is 1.12. The molecule has 1 aromatic heterocycles. The lowest BCUT2D eigenvalue weighted by Crippen LogP contribution is -1.83. The van der Waals surface area contributed by atoms with Crippen LogP contribution in [0.25, 0.3) is 6.08 Å². The van der Waals surface area contributed by atoms with Gasteiger partial charge >= 0.3 is 0 Å². The zero-order chi connectivity index (χ0) is 8.81. The Labute approximate surface area is 73.8 Å². The summed E-state index contributed by atoms with van der Waals surface area (Å²) in [6.07, 6.45) is 10.3. The van der Waals surface area contributed by atoms with Gasteiger partial charge in [-0.2, -0.15) is 0 Å². The summed E-state index contributed by atoms with van der Waals surface area (Å²) in [6.45, 7) is 5.89. The first kappa shape index (κ1) is 8.85. The maximum atomic E-state index is 3.75. The number of H-pyrrole nitrogens is 1. The smallest absolute Gasteiger partial charge is 0.0258 e. The second-order valence-corrected chi connectivity index (χ2v) is 2.70. The fourth-order valence-corrected chi connectivity index (χ4v) is 1.15. The summed E-state index contributed by atoms with van der Waals surface area (Å²) in [5.41, 5.74) is 2.45. The topological polar surface area (TPSA) is 15.8 Å². The minimum Gasteiger partial charge on any atom is -0.364 e. The van der Waals surface area contributed by atoms with Crippen molar-refractivity contribution in [1.82, 2.24) is 4.98 Å². The average Bonchev–Trinajstić information content (AvgIpc) is 2.52. The van der Waals surface area contributed by atoms with Gasteiger partial charge in [0.2, 0.25) is 0 Å². The molecule has 1 heterocycles. The van der Waals surface area contributed by atoms with E-state index in [9.17, 15) is 0 Å². The summed E-state index contributed by atoms with van der Waals surface area (Å²) in [5.74, 6) is 0. The number of hydrogen-bond donors (Lipinski definition) is 1. The van der Waals surface area contributed by atoms with E-state index in [-0.39, 0.29) is 0 Å². The van der Waals surface area contributed by atoms with Crippen LogP contribution in [0.3, 0.4) is 0 Å². The first-order valence-electron chi connectivity index (χ1n) is 4.32. The molecular weight excluding hydrogens is 146 g/mol. The van der Waals surface area contributed by atoms with Gasteiger partial charge in [-0.1, -0.05) is 31.7 Å². The van der Waals surface area contributed by atoms with E-state index in [0.29, 0.717) is 0 Å². The lowest BCUT2D eigenvalue weighted by atomic mass is 10.2. The number of rotatable bonds is 4. The fourth-order valence-electron chi connectivity index (χ4n) is 1.15. The Balaban J connectivity index is 2.62. The van der Waals surface area contributed by atoms with Crippen molar-refractivity contribution in [1.29, 1.82) is 0 Å². The third kappa shape index (κ3) is 2.12. The van der Waals surface area contributed by atoms with E-state index in [1.807, 2.05) is 18.3 Å². The van der Waals surface area contributed by atoms with Crippen LogP contribution in [0.1, 0.15) is 24.6 Å². The van der Waals surface area contributed by atoms with Gasteiger partial charge in [-0.25, -0.2) is 0 Å². The fraction of sp³-hybridized carbons (Fsp3) is 0.273. The maximum absolute atomic E-state index is 3.75. The number of aromatic amines is 1. The lowest BCUT2D eigenvalue weighted by Gasteiger charge is -1.93. The van der Waals surface area contributed by atoms with Crippen LogP contribution in [0.5, 0.6) is 0 Å². The summed E-state index contributed by atoms with van der Waals surface area (Å²) in [6, 6.07) is 2.04. The van der Waals surface area contributed by atoms with Gasteiger partial charge in [0, 0.05) is 18.3 Å². The van der Waals surface area contributed by atoms with Gasteiger partial charge in [-0.05, 0) is 18.1 Å². The van der Waals surface area contributed by atoms with Gasteiger partial charge in [0.25, 0.3) is 0 Å². The van der Waals surface area contributed by atoms with Gasteiger partial charge in [0.15, 0.2) is 0 Å². The minimum absolute atomic E-state index is 0.974. The van der Waals surface area contributed by atoms with Crippen LogP contribution < -0.4 is 0 Å². The Morgan fingerprint density at radius 2 is 2.33 bits per heavy atom. The molecule has 0 atom stereocenters. The SMILES string of the molecule is C=Cc1cc[nH]c1C/C=C\CC. The number of allylic oxidation sites excluding steroid dienone is 2. The van der Waals surface area contributed by atoms with Crippen molar-refractivity contribution in [3.63, 3.8) is 0 Å². The molecule has 1 heteroatoms. The average molecular weight is 161 g/mol. The molecule has 0 unspecified atom stereocenters. The molecule has 0 bridgehead atoms. The minimum atomic E-state index is 0.974. The Hall–Kier alpha value is -1.24. The highest BCUT2D eigenvalue weighted by Gasteiger charge is 1.95. The summed E-state index contributed by atoms with van der Waals surface area (Å²) < 4.78 is 0. The van der Waals surface area contributed by atoms with E-state index < -0.39 is 0 Å². The van der Waals surface area contributed by atoms with Gasteiger partial charge in [-0.15, -0.1) is 0 Å². The second kappa shape index (κ2) is 4.60. The van der Waals surface area contributed by atoms with Crippen molar-refractivity contribution in [3.8, 4) is 0 Å². The van der Waals surface area contributed by atoms with E-state index >= 15 is 0 Å². The molecule has 0 spiro atoms. The molecule has 1 N–H and O–H groups in total. The third-order valence-electron chi connectivity index (χ3n) is 1.81. The van der Waals surface area contributed by atoms with Gasteiger partial charge < -0.3 is 4.98 Å². The first-order valence-corrected chi connectivity index (χ1v) is 4.32. The number of aromatic nitrogens is 1. The van der Waals surface area contributed by atoms with Crippen molar-refractivity contribution >= 4 is 6.08 Å². The Bertz CT molecular complexity index is 268. The van der Waals surface area contributed by atoms with E-state index in [4.69, 9.17) is 0 Å². The van der Waals surface area contributed by atoms with Crippen LogP contribution in [0, 0.1) is 0 Å². The van der Waals surface area contributed by atoms with Crippen LogP contribution in [-0.4, -0.2) is 4.98 Å². The monoisotopic (exact) mass is 161 g/mol. The standard InChI is InChI=1S/C11H15N/c1-3-5-6-7-11-10(4-2)8-9-12-11/h4-6,8-9,12H,2-3,7H2,1H3/b6-5-. The largest absolute Gasteiger partial charge is 0.364 e. The maximum Gasteiger partial charge on any atom is 0.0258 e. The van der Waals surface area contributed by atoms with Crippen molar-refractivity contribution < 1.29 is 0 Å². The first-order chi connectivity index (χ1) is 5.88. The Morgan fingerprint density at radius 3 is 3.00 bits per heavy atom. The predicted octanol–water partition coefficient (Wildman–Crippen LogP) is 3.17. The van der Waals surface area contributed by atoms with Crippen LogP contribution >= 0.6 is 0 Å². The zero-order valence-corrected chi connectivity index (χ0v) is 7.51. The van der Waals surface area contributed by atoms with Crippen molar-refractivity contribution in [2.75, 3.05) is 0 Å². The number of nitrogens with one attached hydrogen (secondary N) is 1. The molecule has 12 heavy (non-hydrogen) atoms. The quantitative estimate of drug-likeness (QED) is 0.653. The van der Waals surface area contributed by atoms with E-state index in [1.165, 1.54) is 11.3 Å². The van der Waals surface area contributed by atoms with Gasteiger partial charge in [0.05, 0.1) is 0 Å². The molecule has 0 saturated carbocycles. The van der Waals surface area contributed by atoms with Gasteiger partial charge in [-0.3, -0.25) is 0 Å². The molecule has 1 rings (SSSR count). The van der Waals surface area contributed by atoms with E-state index in [2.05, 4.69) is 30.6 Å². The Kier molecular flexibility index (Phi) is 3.39. The third-order valence-corrected chi connectivity index (χ3v) is 1.81.